The molecule has 1 N–H and O–H groups in total. The van der Waals surface area contributed by atoms with Gasteiger partial charge in [0, 0.05) is 13.1 Å². The molecule has 0 spiro atoms. The molecule has 0 saturated carbocycles. The van der Waals surface area contributed by atoms with Crippen LogP contribution < -0.4 is 5.32 Å². The molecule has 0 bridgehead atoms. The molecule has 1 fully saturated rings. The minimum atomic E-state index is -0.178. The average molecular weight is 356 g/mol. The molecule has 2 aliphatic rings. The van der Waals surface area contributed by atoms with E-state index in [1.165, 1.54) is 23.3 Å². The number of amides is 1. The van der Waals surface area contributed by atoms with Crippen LogP contribution in [0.4, 0.5) is 9.18 Å². The first-order chi connectivity index (χ1) is 12.7. The molecule has 1 amide bonds. The Bertz CT molecular complexity index is 702. The van der Waals surface area contributed by atoms with E-state index >= 15 is 0 Å². The van der Waals surface area contributed by atoms with Crippen LogP contribution in [-0.4, -0.2) is 36.7 Å². The van der Waals surface area contributed by atoms with E-state index in [2.05, 4.69) is 23.5 Å². The Balaban J connectivity index is 0.000000236. The van der Waals surface area contributed by atoms with Gasteiger partial charge in [-0.05, 0) is 55.6 Å². The predicted molar refractivity (Wildman–Crippen MR) is 99.3 cm³/mol. The van der Waals surface area contributed by atoms with Crippen molar-refractivity contribution in [2.45, 2.75) is 31.9 Å². The Labute approximate surface area is 154 Å². The first kappa shape index (κ1) is 18.4. The van der Waals surface area contributed by atoms with Gasteiger partial charge in [-0.15, -0.1) is 0 Å². The molecular formula is C21H25FN2O2. The lowest BCUT2D eigenvalue weighted by Crippen LogP contribution is -2.40. The molecule has 138 valence electrons. The minimum Gasteiger partial charge on any atom is -0.446 e. The molecule has 26 heavy (non-hydrogen) atoms. The molecule has 1 saturated heterocycles. The van der Waals surface area contributed by atoms with E-state index < -0.39 is 0 Å². The van der Waals surface area contributed by atoms with Crippen molar-refractivity contribution >= 4 is 6.09 Å². The molecule has 2 aliphatic heterocycles. The summed E-state index contributed by atoms with van der Waals surface area (Å²) in [6.45, 7) is 3.34. The second kappa shape index (κ2) is 9.34. The SMILES string of the molecule is Fc1ccccc1.O=C(OC1CCNCC1)N1CCc2ccccc2C1. The third-order valence-corrected chi connectivity index (χ3v) is 4.68. The second-order valence-electron chi connectivity index (χ2n) is 6.57. The Morgan fingerprint density at radius 3 is 2.31 bits per heavy atom. The number of piperidine rings is 1. The van der Waals surface area contributed by atoms with Crippen LogP contribution in [0.1, 0.15) is 24.0 Å². The van der Waals surface area contributed by atoms with E-state index in [1.54, 1.807) is 18.2 Å². The van der Waals surface area contributed by atoms with E-state index in [-0.39, 0.29) is 18.0 Å². The van der Waals surface area contributed by atoms with Crippen molar-refractivity contribution in [3.05, 3.63) is 71.5 Å². The summed E-state index contributed by atoms with van der Waals surface area (Å²) < 4.78 is 17.5. The van der Waals surface area contributed by atoms with Gasteiger partial charge in [-0.25, -0.2) is 9.18 Å². The van der Waals surface area contributed by atoms with Gasteiger partial charge >= 0.3 is 6.09 Å². The highest BCUT2D eigenvalue weighted by Crippen LogP contribution is 2.20. The van der Waals surface area contributed by atoms with Crippen molar-refractivity contribution in [1.29, 1.82) is 0 Å². The number of rotatable bonds is 1. The lowest BCUT2D eigenvalue weighted by molar-refractivity contribution is 0.0460. The van der Waals surface area contributed by atoms with Crippen LogP contribution in [-0.2, 0) is 17.7 Å². The summed E-state index contributed by atoms with van der Waals surface area (Å²) in [5, 5.41) is 3.28. The van der Waals surface area contributed by atoms with Gasteiger partial charge in [-0.3, -0.25) is 0 Å². The molecule has 5 heteroatoms. The standard InChI is InChI=1S/C15H20N2O2.C6H5F/c18-15(19-14-5-8-16-9-6-14)17-10-7-12-3-1-2-4-13(12)11-17;7-6-4-2-1-3-5-6/h1-4,14,16H,5-11H2;1-5H. The molecule has 0 unspecified atom stereocenters. The Morgan fingerprint density at radius 1 is 1.00 bits per heavy atom. The van der Waals surface area contributed by atoms with Gasteiger partial charge in [0.05, 0.1) is 0 Å². The summed E-state index contributed by atoms with van der Waals surface area (Å²) >= 11 is 0. The maximum absolute atomic E-state index is 12.2. The maximum Gasteiger partial charge on any atom is 0.410 e. The van der Waals surface area contributed by atoms with Crippen LogP contribution in [0, 0.1) is 5.82 Å². The first-order valence-electron chi connectivity index (χ1n) is 9.16. The van der Waals surface area contributed by atoms with E-state index in [4.69, 9.17) is 4.74 Å². The van der Waals surface area contributed by atoms with E-state index in [0.29, 0.717) is 6.54 Å². The summed E-state index contributed by atoms with van der Waals surface area (Å²) in [5.74, 6) is -0.178. The Morgan fingerprint density at radius 2 is 1.65 bits per heavy atom. The number of fused-ring (bicyclic) bond motifs is 1. The van der Waals surface area contributed by atoms with Crippen molar-refractivity contribution in [1.82, 2.24) is 10.2 Å². The number of halogens is 1. The van der Waals surface area contributed by atoms with Crippen LogP contribution >= 0.6 is 0 Å². The normalized spacial score (nSPS) is 16.9. The zero-order valence-electron chi connectivity index (χ0n) is 14.9. The van der Waals surface area contributed by atoms with Gasteiger partial charge in [-0.1, -0.05) is 42.5 Å². The Hall–Kier alpha value is -2.40. The summed E-state index contributed by atoms with van der Waals surface area (Å²) in [4.78, 5) is 14.0. The maximum atomic E-state index is 12.2. The van der Waals surface area contributed by atoms with Crippen LogP contribution in [0.2, 0.25) is 0 Å². The largest absolute Gasteiger partial charge is 0.446 e. The quantitative estimate of drug-likeness (QED) is 0.846. The highest BCUT2D eigenvalue weighted by Gasteiger charge is 2.24. The summed E-state index contributed by atoms with van der Waals surface area (Å²) in [6.07, 6.45) is 2.72. The number of carbonyl (C=O) groups excluding carboxylic acids is 1. The van der Waals surface area contributed by atoms with Crippen molar-refractivity contribution < 1.29 is 13.9 Å². The number of hydrogen-bond donors (Lipinski definition) is 1. The van der Waals surface area contributed by atoms with Crippen LogP contribution in [0.3, 0.4) is 0 Å². The molecule has 2 aromatic carbocycles. The van der Waals surface area contributed by atoms with Gasteiger partial charge in [0.25, 0.3) is 0 Å². The van der Waals surface area contributed by atoms with E-state index in [1.807, 2.05) is 11.0 Å². The predicted octanol–water partition coefficient (Wildman–Crippen LogP) is 3.76. The van der Waals surface area contributed by atoms with E-state index in [9.17, 15) is 9.18 Å². The van der Waals surface area contributed by atoms with Gasteiger partial charge in [0.2, 0.25) is 0 Å². The molecule has 0 aliphatic carbocycles. The average Bonchev–Trinajstić information content (AvgIpc) is 2.69. The zero-order chi connectivity index (χ0) is 18.2. The molecule has 0 aromatic heterocycles. The van der Waals surface area contributed by atoms with Gasteiger partial charge < -0.3 is 15.0 Å². The molecule has 0 radical (unpaired) electrons. The van der Waals surface area contributed by atoms with Crippen LogP contribution in [0.5, 0.6) is 0 Å². The molecular weight excluding hydrogens is 331 g/mol. The third kappa shape index (κ3) is 5.30. The molecule has 0 atom stereocenters. The number of carbonyl (C=O) groups is 1. The fraction of sp³-hybridized carbons (Fsp3) is 0.381. The van der Waals surface area contributed by atoms with Crippen molar-refractivity contribution in [2.75, 3.05) is 19.6 Å². The lowest BCUT2D eigenvalue weighted by Gasteiger charge is -2.31. The number of ether oxygens (including phenoxy) is 1. The fourth-order valence-electron chi connectivity index (χ4n) is 3.20. The number of benzene rings is 2. The lowest BCUT2D eigenvalue weighted by atomic mass is 10.0. The van der Waals surface area contributed by atoms with Gasteiger partial charge in [0.15, 0.2) is 0 Å². The first-order valence-corrected chi connectivity index (χ1v) is 9.16. The third-order valence-electron chi connectivity index (χ3n) is 4.68. The summed E-state index contributed by atoms with van der Waals surface area (Å²) in [6, 6.07) is 16.3. The smallest absolute Gasteiger partial charge is 0.410 e. The molecule has 4 nitrogen and oxygen atoms in total. The van der Waals surface area contributed by atoms with Crippen molar-refractivity contribution in [3.63, 3.8) is 0 Å². The van der Waals surface area contributed by atoms with Gasteiger partial charge in [0.1, 0.15) is 11.9 Å². The van der Waals surface area contributed by atoms with Crippen molar-refractivity contribution in [2.24, 2.45) is 0 Å². The highest BCUT2D eigenvalue weighted by molar-refractivity contribution is 5.68. The van der Waals surface area contributed by atoms with Crippen LogP contribution in [0.25, 0.3) is 0 Å². The van der Waals surface area contributed by atoms with Gasteiger partial charge in [-0.2, -0.15) is 0 Å². The second-order valence-corrected chi connectivity index (χ2v) is 6.57. The Kier molecular flexibility index (Phi) is 6.61. The summed E-state index contributed by atoms with van der Waals surface area (Å²) in [7, 11) is 0. The topological polar surface area (TPSA) is 41.6 Å². The van der Waals surface area contributed by atoms with Crippen molar-refractivity contribution in [3.8, 4) is 0 Å². The van der Waals surface area contributed by atoms with E-state index in [0.717, 1.165) is 38.9 Å². The molecule has 2 heterocycles. The fourth-order valence-corrected chi connectivity index (χ4v) is 3.20. The van der Waals surface area contributed by atoms with Crippen LogP contribution in [0.15, 0.2) is 54.6 Å². The highest BCUT2D eigenvalue weighted by atomic mass is 19.1. The minimum absolute atomic E-state index is 0.0888. The number of nitrogens with zero attached hydrogens (tertiary/aromatic N) is 1. The zero-order valence-corrected chi connectivity index (χ0v) is 14.9. The molecule has 2 aromatic rings. The number of hydrogen-bond acceptors (Lipinski definition) is 3. The number of nitrogens with one attached hydrogen (secondary N) is 1. The molecule has 4 rings (SSSR count). The monoisotopic (exact) mass is 356 g/mol. The summed E-state index contributed by atoms with van der Waals surface area (Å²) in [5.41, 5.74) is 2.60.